The van der Waals surface area contributed by atoms with Crippen LogP contribution in [0.2, 0.25) is 0 Å². The van der Waals surface area contributed by atoms with Crippen LogP contribution in [0.3, 0.4) is 0 Å². The highest BCUT2D eigenvalue weighted by Gasteiger charge is 2.35. The molecule has 0 radical (unpaired) electrons. The van der Waals surface area contributed by atoms with Gasteiger partial charge in [-0.25, -0.2) is 8.78 Å². The molecule has 2 aromatic carbocycles. The number of carbonyl (C=O) groups is 2. The molecule has 0 atom stereocenters. The Morgan fingerprint density at radius 3 is 2.36 bits per heavy atom. The Morgan fingerprint density at radius 2 is 1.68 bits per heavy atom. The van der Waals surface area contributed by atoms with E-state index < -0.39 is 5.92 Å². The van der Waals surface area contributed by atoms with Gasteiger partial charge in [0.15, 0.2) is 5.78 Å². The second-order valence-corrected chi connectivity index (χ2v) is 6.33. The zero-order chi connectivity index (χ0) is 18.0. The summed E-state index contributed by atoms with van der Waals surface area (Å²) in [7, 11) is 0. The summed E-state index contributed by atoms with van der Waals surface area (Å²) in [6, 6.07) is 14.2. The van der Waals surface area contributed by atoms with Crippen molar-refractivity contribution in [1.82, 2.24) is 4.90 Å². The lowest BCUT2D eigenvalue weighted by molar-refractivity contribution is -0.0494. The van der Waals surface area contributed by atoms with Gasteiger partial charge >= 0.3 is 0 Å². The van der Waals surface area contributed by atoms with Gasteiger partial charge in [-0.3, -0.25) is 9.59 Å². The largest absolute Gasteiger partial charge is 0.338 e. The predicted octanol–water partition coefficient (Wildman–Crippen LogP) is 4.43. The van der Waals surface area contributed by atoms with Crippen LogP contribution in [-0.4, -0.2) is 35.6 Å². The van der Waals surface area contributed by atoms with Crippen LogP contribution in [-0.2, 0) is 0 Å². The molecule has 1 heterocycles. The molecule has 0 aliphatic carbocycles. The Bertz CT molecular complexity index is 807. The number of nitrogens with zero attached hydrogens (tertiary/aromatic N) is 1. The number of hydrogen-bond donors (Lipinski definition) is 0. The number of piperidine rings is 1. The molecule has 0 N–H and O–H groups in total. The standard InChI is InChI=1S/C20H19F2NO2/c1-14(24)17-7-2-3-8-18(17)15-5-4-6-16(13-15)19(25)23-11-9-20(21,22)10-12-23/h2-8,13H,9-12H2,1H3. The van der Waals surface area contributed by atoms with E-state index in [-0.39, 0.29) is 37.6 Å². The maximum absolute atomic E-state index is 13.3. The van der Waals surface area contributed by atoms with E-state index in [1.807, 2.05) is 18.2 Å². The number of carbonyl (C=O) groups excluding carboxylic acids is 2. The predicted molar refractivity (Wildman–Crippen MR) is 92.0 cm³/mol. The quantitative estimate of drug-likeness (QED) is 0.773. The van der Waals surface area contributed by atoms with Crippen LogP contribution in [0.25, 0.3) is 11.1 Å². The first-order valence-electron chi connectivity index (χ1n) is 8.25. The molecule has 25 heavy (non-hydrogen) atoms. The number of Topliss-reactive ketones (excluding diaryl/α,β-unsaturated/α-hetero) is 1. The summed E-state index contributed by atoms with van der Waals surface area (Å²) >= 11 is 0. The second-order valence-electron chi connectivity index (χ2n) is 6.33. The Kier molecular flexibility index (Phi) is 4.66. The monoisotopic (exact) mass is 343 g/mol. The van der Waals surface area contributed by atoms with Crippen molar-refractivity contribution in [2.24, 2.45) is 0 Å². The summed E-state index contributed by atoms with van der Waals surface area (Å²) in [6.45, 7) is 1.61. The van der Waals surface area contributed by atoms with Crippen molar-refractivity contribution in [3.8, 4) is 11.1 Å². The number of halogens is 2. The summed E-state index contributed by atoms with van der Waals surface area (Å²) in [6.07, 6.45) is -0.600. The number of likely N-dealkylation sites (tertiary alicyclic amines) is 1. The van der Waals surface area contributed by atoms with E-state index in [1.165, 1.54) is 11.8 Å². The zero-order valence-electron chi connectivity index (χ0n) is 14.0. The fourth-order valence-electron chi connectivity index (χ4n) is 3.08. The molecule has 2 aromatic rings. The van der Waals surface area contributed by atoms with E-state index in [0.29, 0.717) is 11.1 Å². The molecule has 1 aliphatic rings. The van der Waals surface area contributed by atoms with Gasteiger partial charge in [-0.15, -0.1) is 0 Å². The topological polar surface area (TPSA) is 37.4 Å². The first-order valence-corrected chi connectivity index (χ1v) is 8.25. The summed E-state index contributed by atoms with van der Waals surface area (Å²) in [4.78, 5) is 25.9. The van der Waals surface area contributed by atoms with Crippen LogP contribution in [0, 0.1) is 0 Å². The van der Waals surface area contributed by atoms with E-state index >= 15 is 0 Å². The van der Waals surface area contributed by atoms with Crippen LogP contribution < -0.4 is 0 Å². The molecule has 130 valence electrons. The molecule has 0 spiro atoms. The fourth-order valence-corrected chi connectivity index (χ4v) is 3.08. The molecule has 3 nitrogen and oxygen atoms in total. The number of rotatable bonds is 3. The van der Waals surface area contributed by atoms with Gasteiger partial charge in [0.25, 0.3) is 11.8 Å². The SMILES string of the molecule is CC(=O)c1ccccc1-c1cccc(C(=O)N2CCC(F)(F)CC2)c1. The number of benzene rings is 2. The number of hydrogen-bond acceptors (Lipinski definition) is 2. The Labute approximate surface area is 145 Å². The van der Waals surface area contributed by atoms with Crippen molar-refractivity contribution in [3.05, 3.63) is 59.7 Å². The number of alkyl halides is 2. The highest BCUT2D eigenvalue weighted by atomic mass is 19.3. The van der Waals surface area contributed by atoms with Crippen LogP contribution in [0.15, 0.2) is 48.5 Å². The molecule has 3 rings (SSSR count). The third-order valence-electron chi connectivity index (χ3n) is 4.51. The maximum atomic E-state index is 13.3. The van der Waals surface area contributed by atoms with Crippen molar-refractivity contribution < 1.29 is 18.4 Å². The van der Waals surface area contributed by atoms with Crippen LogP contribution in [0.4, 0.5) is 8.78 Å². The average Bonchev–Trinajstić information content (AvgIpc) is 2.61. The minimum Gasteiger partial charge on any atom is -0.338 e. The number of ketones is 1. The van der Waals surface area contributed by atoms with Crippen molar-refractivity contribution in [2.75, 3.05) is 13.1 Å². The molecular weight excluding hydrogens is 324 g/mol. The molecule has 0 bridgehead atoms. The van der Waals surface area contributed by atoms with E-state index in [4.69, 9.17) is 0 Å². The Balaban J connectivity index is 1.88. The Hall–Kier alpha value is -2.56. The van der Waals surface area contributed by atoms with Gasteiger partial charge in [0, 0.05) is 37.1 Å². The van der Waals surface area contributed by atoms with Crippen molar-refractivity contribution in [1.29, 1.82) is 0 Å². The van der Waals surface area contributed by atoms with Crippen LogP contribution in [0.1, 0.15) is 40.5 Å². The van der Waals surface area contributed by atoms with E-state index in [2.05, 4.69) is 0 Å². The van der Waals surface area contributed by atoms with Gasteiger partial charge in [-0.2, -0.15) is 0 Å². The minimum atomic E-state index is -2.68. The van der Waals surface area contributed by atoms with Gasteiger partial charge in [-0.05, 0) is 30.2 Å². The number of amides is 1. The van der Waals surface area contributed by atoms with E-state index in [1.54, 1.807) is 30.3 Å². The fraction of sp³-hybridized carbons (Fsp3) is 0.300. The molecule has 0 aromatic heterocycles. The van der Waals surface area contributed by atoms with E-state index in [0.717, 1.165) is 11.1 Å². The first kappa shape index (κ1) is 17.3. The van der Waals surface area contributed by atoms with Gasteiger partial charge in [0.05, 0.1) is 0 Å². The lowest BCUT2D eigenvalue weighted by Crippen LogP contribution is -2.42. The normalized spacial score (nSPS) is 16.5. The van der Waals surface area contributed by atoms with Crippen LogP contribution in [0.5, 0.6) is 0 Å². The summed E-state index contributed by atoms with van der Waals surface area (Å²) < 4.78 is 26.6. The summed E-state index contributed by atoms with van der Waals surface area (Å²) in [5, 5.41) is 0. The summed E-state index contributed by atoms with van der Waals surface area (Å²) in [5.74, 6) is -2.98. The maximum Gasteiger partial charge on any atom is 0.253 e. The van der Waals surface area contributed by atoms with E-state index in [9.17, 15) is 18.4 Å². The third kappa shape index (κ3) is 3.76. The van der Waals surface area contributed by atoms with Gasteiger partial charge in [-0.1, -0.05) is 36.4 Å². The zero-order valence-corrected chi connectivity index (χ0v) is 14.0. The lowest BCUT2D eigenvalue weighted by Gasteiger charge is -2.31. The smallest absolute Gasteiger partial charge is 0.253 e. The van der Waals surface area contributed by atoms with Crippen LogP contribution >= 0.6 is 0 Å². The average molecular weight is 343 g/mol. The first-order chi connectivity index (χ1) is 11.9. The van der Waals surface area contributed by atoms with Crippen molar-refractivity contribution in [2.45, 2.75) is 25.7 Å². The lowest BCUT2D eigenvalue weighted by atomic mass is 9.96. The molecule has 1 saturated heterocycles. The highest BCUT2D eigenvalue weighted by Crippen LogP contribution is 2.29. The summed E-state index contributed by atoms with van der Waals surface area (Å²) in [5.41, 5.74) is 2.56. The molecule has 1 amide bonds. The minimum absolute atomic E-state index is 0.0504. The second kappa shape index (κ2) is 6.75. The molecular formula is C20H19F2NO2. The van der Waals surface area contributed by atoms with Gasteiger partial charge in [0.1, 0.15) is 0 Å². The molecule has 5 heteroatoms. The third-order valence-corrected chi connectivity index (χ3v) is 4.51. The Morgan fingerprint density at radius 1 is 1.00 bits per heavy atom. The van der Waals surface area contributed by atoms with Crippen molar-refractivity contribution >= 4 is 11.7 Å². The van der Waals surface area contributed by atoms with Crippen molar-refractivity contribution in [3.63, 3.8) is 0 Å². The molecule has 1 fully saturated rings. The molecule has 1 aliphatic heterocycles. The van der Waals surface area contributed by atoms with Gasteiger partial charge in [0.2, 0.25) is 0 Å². The molecule has 0 unspecified atom stereocenters. The molecule has 0 saturated carbocycles. The van der Waals surface area contributed by atoms with Gasteiger partial charge < -0.3 is 4.90 Å². The highest BCUT2D eigenvalue weighted by molar-refractivity contribution is 6.02.